The first-order valence-corrected chi connectivity index (χ1v) is 16.4. The number of ether oxygens (including phenoxy) is 3. The van der Waals surface area contributed by atoms with Crippen LogP contribution in [0.1, 0.15) is 57.9 Å². The molecule has 0 bridgehead atoms. The van der Waals surface area contributed by atoms with Crippen LogP contribution in [0.3, 0.4) is 0 Å². The van der Waals surface area contributed by atoms with E-state index in [2.05, 4.69) is 44.2 Å². The van der Waals surface area contributed by atoms with Gasteiger partial charge in [0.05, 0.1) is 31.3 Å². The van der Waals surface area contributed by atoms with Crippen LogP contribution in [0.4, 0.5) is 27.6 Å². The largest absolute Gasteiger partial charge is 0.493 e. The van der Waals surface area contributed by atoms with Crippen LogP contribution in [0.25, 0.3) is 0 Å². The number of aromatic nitrogens is 1. The van der Waals surface area contributed by atoms with Gasteiger partial charge in [-0.3, -0.25) is 9.78 Å². The second-order valence-corrected chi connectivity index (χ2v) is 17.0. The molecule has 1 fully saturated rings. The van der Waals surface area contributed by atoms with Gasteiger partial charge in [-0.2, -0.15) is 17.6 Å². The van der Waals surface area contributed by atoms with Gasteiger partial charge < -0.3 is 24.0 Å². The summed E-state index contributed by atoms with van der Waals surface area (Å²) in [6.07, 6.45) is -5.69. The van der Waals surface area contributed by atoms with Crippen molar-refractivity contribution in [2.24, 2.45) is 5.92 Å². The van der Waals surface area contributed by atoms with Crippen molar-refractivity contribution in [3.8, 4) is 5.75 Å². The normalized spacial score (nSPS) is 24.0. The summed E-state index contributed by atoms with van der Waals surface area (Å²) < 4.78 is 93.4. The predicted octanol–water partition coefficient (Wildman–Crippen LogP) is 7.16. The molecule has 5 atom stereocenters. The monoisotopic (exact) mass is 618 g/mol. The van der Waals surface area contributed by atoms with Crippen molar-refractivity contribution in [3.05, 3.63) is 53.4 Å². The predicted molar refractivity (Wildman–Crippen MR) is 150 cm³/mol. The van der Waals surface area contributed by atoms with E-state index in [4.69, 9.17) is 18.6 Å². The maximum Gasteiger partial charge on any atom is 0.417 e. The van der Waals surface area contributed by atoms with Crippen LogP contribution < -0.4 is 10.1 Å². The Labute approximate surface area is 244 Å². The Kier molecular flexibility index (Phi) is 9.82. The van der Waals surface area contributed by atoms with Crippen LogP contribution in [-0.2, 0) is 18.7 Å². The minimum Gasteiger partial charge on any atom is -0.493 e. The van der Waals surface area contributed by atoms with E-state index in [0.29, 0.717) is 5.69 Å². The fourth-order valence-corrected chi connectivity index (χ4v) is 6.04. The van der Waals surface area contributed by atoms with Crippen molar-refractivity contribution in [2.75, 3.05) is 26.1 Å². The first-order valence-electron chi connectivity index (χ1n) is 13.5. The molecule has 1 aromatic carbocycles. The minimum atomic E-state index is -4.87. The van der Waals surface area contributed by atoms with E-state index in [0.717, 1.165) is 26.2 Å². The third-order valence-electron chi connectivity index (χ3n) is 8.52. The summed E-state index contributed by atoms with van der Waals surface area (Å²) in [5, 5.41) is 2.50. The number of carbonyl (C=O) groups is 1. The topological polar surface area (TPSA) is 78.9 Å². The van der Waals surface area contributed by atoms with Crippen LogP contribution >= 0.6 is 0 Å². The van der Waals surface area contributed by atoms with Crippen molar-refractivity contribution in [1.29, 1.82) is 0 Å². The molecular weight excluding hydrogens is 579 g/mol. The standard InChI is InChI=1S/C29H39F5N2O5Si/c1-16-22(18-11-12-19(30)23(31)24(18)39-7)25(40-28(16,5)29(32,33)34)26(37)36-17-10-13-20(35-14-17)21(15-38-6)41-42(8,9)27(2,3)4/h10-14,16,21-22,25H,15H2,1-9H3,(H,36,37). The first kappa shape index (κ1) is 33.9. The van der Waals surface area contributed by atoms with Crippen LogP contribution in [-0.4, -0.2) is 57.9 Å². The van der Waals surface area contributed by atoms with E-state index in [-0.39, 0.29) is 22.9 Å². The van der Waals surface area contributed by atoms with Gasteiger partial charge in [-0.1, -0.05) is 33.8 Å². The number of pyridine rings is 1. The highest BCUT2D eigenvalue weighted by atomic mass is 28.4. The Morgan fingerprint density at radius 2 is 1.79 bits per heavy atom. The minimum absolute atomic E-state index is 0.0666. The molecule has 1 aliphatic rings. The summed E-state index contributed by atoms with van der Waals surface area (Å²) in [4.78, 5) is 17.9. The number of methoxy groups -OCH3 is 2. The Bertz CT molecular complexity index is 1270. The van der Waals surface area contributed by atoms with Gasteiger partial charge in [0.2, 0.25) is 5.82 Å². The molecule has 0 aliphatic carbocycles. The molecule has 1 aromatic heterocycles. The SMILES string of the molecule is COCC(O[Si](C)(C)C(C)(C)C)c1ccc(NC(=O)C2OC(C)(C(F)(F)F)C(C)C2c2ccc(F)c(F)c2OC)cn1. The zero-order valence-corrected chi connectivity index (χ0v) is 26.3. The lowest BCUT2D eigenvalue weighted by Gasteiger charge is -2.39. The quantitative estimate of drug-likeness (QED) is 0.238. The highest BCUT2D eigenvalue weighted by Gasteiger charge is 2.66. The number of hydrogen-bond donors (Lipinski definition) is 1. The van der Waals surface area contributed by atoms with Gasteiger partial charge in [0.15, 0.2) is 25.5 Å². The Morgan fingerprint density at radius 1 is 1.14 bits per heavy atom. The zero-order chi connectivity index (χ0) is 31.8. The zero-order valence-electron chi connectivity index (χ0n) is 25.3. The molecule has 1 saturated heterocycles. The van der Waals surface area contributed by atoms with Crippen LogP contribution in [0, 0.1) is 17.6 Å². The number of rotatable bonds is 9. The van der Waals surface area contributed by atoms with Gasteiger partial charge in [-0.15, -0.1) is 0 Å². The molecule has 0 radical (unpaired) electrons. The molecule has 0 saturated carbocycles. The average molecular weight is 619 g/mol. The smallest absolute Gasteiger partial charge is 0.417 e. The lowest BCUT2D eigenvalue weighted by molar-refractivity contribution is -0.272. The fourth-order valence-electron chi connectivity index (χ4n) is 4.79. The number of halogens is 5. The van der Waals surface area contributed by atoms with Gasteiger partial charge in [0, 0.05) is 24.5 Å². The van der Waals surface area contributed by atoms with Gasteiger partial charge in [0.1, 0.15) is 12.2 Å². The highest BCUT2D eigenvalue weighted by Crippen LogP contribution is 2.55. The maximum absolute atomic E-state index is 14.6. The lowest BCUT2D eigenvalue weighted by Crippen LogP contribution is -2.47. The summed E-state index contributed by atoms with van der Waals surface area (Å²) in [6.45, 7) is 12.8. The molecule has 3 rings (SSSR count). The highest BCUT2D eigenvalue weighted by molar-refractivity contribution is 6.74. The summed E-state index contributed by atoms with van der Waals surface area (Å²) in [5.74, 6) is -6.79. The van der Waals surface area contributed by atoms with E-state index >= 15 is 0 Å². The van der Waals surface area contributed by atoms with Crippen molar-refractivity contribution < 1.29 is 45.4 Å². The molecule has 1 amide bonds. The second kappa shape index (κ2) is 12.2. The first-order chi connectivity index (χ1) is 19.3. The summed E-state index contributed by atoms with van der Waals surface area (Å²) in [5.41, 5.74) is -2.12. The van der Waals surface area contributed by atoms with Crippen molar-refractivity contribution >= 4 is 19.9 Å². The number of benzene rings is 1. The summed E-state index contributed by atoms with van der Waals surface area (Å²) in [6, 6.07) is 5.08. The van der Waals surface area contributed by atoms with Crippen molar-refractivity contribution in [3.63, 3.8) is 0 Å². The van der Waals surface area contributed by atoms with Crippen molar-refractivity contribution in [1.82, 2.24) is 4.98 Å². The average Bonchev–Trinajstić information content (AvgIpc) is 3.16. The summed E-state index contributed by atoms with van der Waals surface area (Å²) >= 11 is 0. The van der Waals surface area contributed by atoms with Crippen LogP contribution in [0.15, 0.2) is 30.5 Å². The molecule has 2 heterocycles. The van der Waals surface area contributed by atoms with E-state index < -0.39 is 67.4 Å². The van der Waals surface area contributed by atoms with E-state index in [1.165, 1.54) is 13.1 Å². The Morgan fingerprint density at radius 3 is 2.29 bits per heavy atom. The molecule has 0 spiro atoms. The lowest BCUT2D eigenvalue weighted by atomic mass is 9.77. The van der Waals surface area contributed by atoms with E-state index in [9.17, 15) is 26.7 Å². The molecule has 2 aromatic rings. The third kappa shape index (κ3) is 6.48. The second-order valence-electron chi connectivity index (χ2n) is 12.2. The number of anilines is 1. The molecule has 13 heteroatoms. The molecule has 7 nitrogen and oxygen atoms in total. The number of hydrogen-bond acceptors (Lipinski definition) is 6. The Balaban J connectivity index is 1.93. The van der Waals surface area contributed by atoms with Crippen LogP contribution in [0.2, 0.25) is 18.1 Å². The molecular formula is C29H39F5N2O5Si. The number of amides is 1. The Hall–Kier alpha value is -2.61. The van der Waals surface area contributed by atoms with Crippen LogP contribution in [0.5, 0.6) is 5.75 Å². The van der Waals surface area contributed by atoms with Gasteiger partial charge in [-0.05, 0) is 43.3 Å². The van der Waals surface area contributed by atoms with Gasteiger partial charge in [-0.25, -0.2) is 4.39 Å². The number of alkyl halides is 3. The molecule has 1 aliphatic heterocycles. The van der Waals surface area contributed by atoms with E-state index in [1.54, 1.807) is 19.2 Å². The fraction of sp³-hybridized carbons (Fsp3) is 0.586. The maximum atomic E-state index is 14.6. The molecule has 5 unspecified atom stereocenters. The van der Waals surface area contributed by atoms with Crippen molar-refractivity contribution in [2.45, 2.75) is 82.7 Å². The third-order valence-corrected chi connectivity index (χ3v) is 13.0. The number of nitrogens with one attached hydrogen (secondary N) is 1. The van der Waals surface area contributed by atoms with Gasteiger partial charge >= 0.3 is 6.18 Å². The molecule has 42 heavy (non-hydrogen) atoms. The van der Waals surface area contributed by atoms with Gasteiger partial charge in [0.25, 0.3) is 5.91 Å². The number of nitrogens with zero attached hydrogens (tertiary/aromatic N) is 1. The summed E-state index contributed by atoms with van der Waals surface area (Å²) in [7, 11) is 0.421. The number of carbonyl (C=O) groups excluding carboxylic acids is 1. The van der Waals surface area contributed by atoms with E-state index in [1.807, 2.05) is 0 Å². The molecule has 234 valence electrons. The molecule has 1 N–H and O–H groups in total.